The van der Waals surface area contributed by atoms with Crippen molar-refractivity contribution in [1.29, 1.82) is 0 Å². The number of aromatic amines is 1. The van der Waals surface area contributed by atoms with Crippen molar-refractivity contribution in [2.24, 2.45) is 5.73 Å². The van der Waals surface area contributed by atoms with Crippen LogP contribution in [-0.2, 0) is 0 Å². The Morgan fingerprint density at radius 2 is 2.17 bits per heavy atom. The lowest BCUT2D eigenvalue weighted by molar-refractivity contribution is -0.384. The van der Waals surface area contributed by atoms with Gasteiger partial charge in [-0.1, -0.05) is 6.07 Å². The summed E-state index contributed by atoms with van der Waals surface area (Å²) in [5.74, 6) is -0.746. The van der Waals surface area contributed by atoms with Gasteiger partial charge >= 0.3 is 0 Å². The van der Waals surface area contributed by atoms with Gasteiger partial charge < -0.3 is 5.73 Å². The molecule has 0 unspecified atom stereocenters. The zero-order valence-corrected chi connectivity index (χ0v) is 9.38. The van der Waals surface area contributed by atoms with Gasteiger partial charge in [-0.15, -0.1) is 0 Å². The number of nitrogens with two attached hydrogens (primary N) is 1. The molecular weight excluding hydrogens is 238 g/mol. The quantitative estimate of drug-likeness (QED) is 0.612. The predicted octanol–water partition coefficient (Wildman–Crippen LogP) is 0.787. The van der Waals surface area contributed by atoms with E-state index in [2.05, 4.69) is 15.4 Å². The molecule has 1 heterocycles. The lowest BCUT2D eigenvalue weighted by Crippen LogP contribution is -2.13. The zero-order valence-electron chi connectivity index (χ0n) is 9.38. The number of benzene rings is 1. The summed E-state index contributed by atoms with van der Waals surface area (Å²) in [6, 6.07) is 4.29. The van der Waals surface area contributed by atoms with Crippen LogP contribution in [0.3, 0.4) is 0 Å². The van der Waals surface area contributed by atoms with E-state index in [-0.39, 0.29) is 17.1 Å². The Morgan fingerprint density at radius 3 is 2.78 bits per heavy atom. The highest BCUT2D eigenvalue weighted by Gasteiger charge is 2.19. The van der Waals surface area contributed by atoms with Crippen LogP contribution in [0.15, 0.2) is 18.2 Å². The van der Waals surface area contributed by atoms with Gasteiger partial charge in [0, 0.05) is 17.7 Å². The SMILES string of the molecule is Cc1ccc([N+](=O)[O-])cc1-c1n[nH]nc1C(N)=O. The number of H-pyrrole nitrogens is 1. The number of hydrogen-bond donors (Lipinski definition) is 2. The molecule has 2 rings (SSSR count). The molecule has 0 atom stereocenters. The van der Waals surface area contributed by atoms with Crippen LogP contribution in [0.4, 0.5) is 5.69 Å². The van der Waals surface area contributed by atoms with E-state index in [4.69, 9.17) is 5.73 Å². The summed E-state index contributed by atoms with van der Waals surface area (Å²) in [6.07, 6.45) is 0. The second kappa shape index (κ2) is 4.24. The molecule has 8 heteroatoms. The van der Waals surface area contributed by atoms with E-state index in [1.807, 2.05) is 0 Å². The van der Waals surface area contributed by atoms with Crippen molar-refractivity contribution in [1.82, 2.24) is 15.4 Å². The molecular formula is C10H9N5O3. The maximum atomic E-state index is 11.2. The van der Waals surface area contributed by atoms with E-state index in [0.717, 1.165) is 5.56 Å². The highest BCUT2D eigenvalue weighted by Crippen LogP contribution is 2.27. The number of rotatable bonds is 3. The van der Waals surface area contributed by atoms with Crippen LogP contribution >= 0.6 is 0 Å². The summed E-state index contributed by atoms with van der Waals surface area (Å²) in [7, 11) is 0. The Bertz CT molecular complexity index is 634. The number of amides is 1. The molecule has 1 amide bonds. The number of nitro benzene ring substituents is 1. The molecule has 0 aliphatic rings. The Morgan fingerprint density at radius 1 is 1.44 bits per heavy atom. The Labute approximate surface area is 101 Å². The average molecular weight is 247 g/mol. The number of nitrogens with one attached hydrogen (secondary N) is 1. The molecule has 0 radical (unpaired) electrons. The van der Waals surface area contributed by atoms with E-state index >= 15 is 0 Å². The number of non-ortho nitro benzene ring substituents is 1. The first kappa shape index (κ1) is 11.7. The molecule has 1 aromatic carbocycles. The second-order valence-electron chi connectivity index (χ2n) is 3.64. The molecule has 0 bridgehead atoms. The van der Waals surface area contributed by atoms with E-state index in [1.165, 1.54) is 12.1 Å². The molecule has 1 aromatic heterocycles. The molecule has 2 aromatic rings. The molecule has 0 spiro atoms. The number of nitro groups is 1. The third-order valence-electron chi connectivity index (χ3n) is 2.47. The summed E-state index contributed by atoms with van der Waals surface area (Å²) in [6.45, 7) is 1.75. The van der Waals surface area contributed by atoms with Crippen LogP contribution < -0.4 is 5.73 Å². The van der Waals surface area contributed by atoms with Gasteiger partial charge in [0.1, 0.15) is 5.69 Å². The molecule has 0 aliphatic carbocycles. The maximum Gasteiger partial charge on any atom is 0.271 e. The predicted molar refractivity (Wildman–Crippen MR) is 61.7 cm³/mol. The van der Waals surface area contributed by atoms with Gasteiger partial charge in [0.15, 0.2) is 5.69 Å². The summed E-state index contributed by atoms with van der Waals surface area (Å²) in [4.78, 5) is 21.4. The highest BCUT2D eigenvalue weighted by molar-refractivity contribution is 5.97. The average Bonchev–Trinajstić information content (AvgIpc) is 2.78. The van der Waals surface area contributed by atoms with Crippen LogP contribution in [0.1, 0.15) is 16.1 Å². The van der Waals surface area contributed by atoms with Crippen LogP contribution in [-0.4, -0.2) is 26.2 Å². The number of carbonyl (C=O) groups excluding carboxylic acids is 1. The molecule has 0 saturated heterocycles. The van der Waals surface area contributed by atoms with E-state index < -0.39 is 10.8 Å². The third kappa shape index (κ3) is 1.90. The van der Waals surface area contributed by atoms with Crippen molar-refractivity contribution in [3.63, 3.8) is 0 Å². The van der Waals surface area contributed by atoms with Crippen LogP contribution in [0, 0.1) is 17.0 Å². The maximum absolute atomic E-state index is 11.2. The first-order valence-corrected chi connectivity index (χ1v) is 4.96. The van der Waals surface area contributed by atoms with E-state index in [0.29, 0.717) is 5.56 Å². The number of carbonyl (C=O) groups is 1. The van der Waals surface area contributed by atoms with Gasteiger partial charge in [0.25, 0.3) is 11.6 Å². The minimum atomic E-state index is -0.746. The molecule has 92 valence electrons. The van der Waals surface area contributed by atoms with Crippen LogP contribution in [0.25, 0.3) is 11.3 Å². The molecule has 0 fully saturated rings. The van der Waals surface area contributed by atoms with Gasteiger partial charge in [0.05, 0.1) is 4.92 Å². The fourth-order valence-corrected chi connectivity index (χ4v) is 1.57. The summed E-state index contributed by atoms with van der Waals surface area (Å²) < 4.78 is 0. The number of aromatic nitrogens is 3. The molecule has 8 nitrogen and oxygen atoms in total. The fourth-order valence-electron chi connectivity index (χ4n) is 1.57. The van der Waals surface area contributed by atoms with Crippen molar-refractivity contribution in [3.05, 3.63) is 39.6 Å². The van der Waals surface area contributed by atoms with Crippen molar-refractivity contribution in [2.75, 3.05) is 0 Å². The number of nitrogens with zero attached hydrogens (tertiary/aromatic N) is 3. The number of primary amides is 1. The minimum absolute atomic E-state index is 0.0430. The first-order valence-electron chi connectivity index (χ1n) is 4.96. The van der Waals surface area contributed by atoms with Gasteiger partial charge in [-0.25, -0.2) is 0 Å². The molecule has 3 N–H and O–H groups in total. The van der Waals surface area contributed by atoms with Gasteiger partial charge in [-0.05, 0) is 12.5 Å². The molecule has 18 heavy (non-hydrogen) atoms. The minimum Gasteiger partial charge on any atom is -0.364 e. The summed E-state index contributed by atoms with van der Waals surface area (Å²) in [5, 5.41) is 20.4. The van der Waals surface area contributed by atoms with Crippen molar-refractivity contribution >= 4 is 11.6 Å². The van der Waals surface area contributed by atoms with Crippen molar-refractivity contribution < 1.29 is 9.72 Å². The molecule has 0 saturated carbocycles. The van der Waals surface area contributed by atoms with Gasteiger partial charge in [0.2, 0.25) is 0 Å². The smallest absolute Gasteiger partial charge is 0.271 e. The Kier molecular flexibility index (Phi) is 2.76. The number of aryl methyl sites for hydroxylation is 1. The number of hydrogen-bond acceptors (Lipinski definition) is 5. The Balaban J connectivity index is 2.63. The standard InChI is InChI=1S/C10H9N5O3/c1-5-2-3-6(15(17)18)4-7(5)8-9(10(11)16)13-14-12-8/h2-4H,1H3,(H2,11,16)(H,12,13,14). The van der Waals surface area contributed by atoms with Crippen LogP contribution in [0.5, 0.6) is 0 Å². The fraction of sp³-hybridized carbons (Fsp3) is 0.100. The normalized spacial score (nSPS) is 10.3. The van der Waals surface area contributed by atoms with Crippen molar-refractivity contribution in [2.45, 2.75) is 6.92 Å². The highest BCUT2D eigenvalue weighted by atomic mass is 16.6. The zero-order chi connectivity index (χ0) is 13.3. The third-order valence-corrected chi connectivity index (χ3v) is 2.47. The van der Waals surface area contributed by atoms with Crippen molar-refractivity contribution in [3.8, 4) is 11.3 Å². The van der Waals surface area contributed by atoms with Crippen LogP contribution in [0.2, 0.25) is 0 Å². The Hall–Kier alpha value is -2.77. The van der Waals surface area contributed by atoms with E-state index in [9.17, 15) is 14.9 Å². The summed E-state index contributed by atoms with van der Waals surface area (Å²) in [5.41, 5.74) is 6.41. The molecule has 0 aliphatic heterocycles. The summed E-state index contributed by atoms with van der Waals surface area (Å²) >= 11 is 0. The lowest BCUT2D eigenvalue weighted by Gasteiger charge is -2.03. The topological polar surface area (TPSA) is 128 Å². The second-order valence-corrected chi connectivity index (χ2v) is 3.64. The first-order chi connectivity index (χ1) is 8.50. The lowest BCUT2D eigenvalue weighted by atomic mass is 10.0. The largest absolute Gasteiger partial charge is 0.364 e. The monoisotopic (exact) mass is 247 g/mol. The van der Waals surface area contributed by atoms with Gasteiger partial charge in [-0.2, -0.15) is 15.4 Å². The van der Waals surface area contributed by atoms with Gasteiger partial charge in [-0.3, -0.25) is 14.9 Å². The van der Waals surface area contributed by atoms with E-state index in [1.54, 1.807) is 13.0 Å².